The highest BCUT2D eigenvalue weighted by molar-refractivity contribution is 5.37. The topological polar surface area (TPSA) is 29.5 Å². The van der Waals surface area contributed by atoms with E-state index in [9.17, 15) is 5.11 Å². The van der Waals surface area contributed by atoms with Gasteiger partial charge in [-0.1, -0.05) is 44.9 Å². The molecule has 1 N–H and O–H groups in total. The number of ether oxygens (including phenoxy) is 1. The Hall–Kier alpha value is -1.02. The number of benzene rings is 1. The Morgan fingerprint density at radius 2 is 2.00 bits per heavy atom. The fraction of sp³-hybridized carbons (Fsp3) is 0.571. The highest BCUT2D eigenvalue weighted by Gasteiger charge is 2.32. The van der Waals surface area contributed by atoms with Crippen LogP contribution in [0.3, 0.4) is 0 Å². The predicted molar refractivity (Wildman–Crippen MR) is 64.6 cm³/mol. The fourth-order valence-electron chi connectivity index (χ4n) is 2.47. The van der Waals surface area contributed by atoms with Gasteiger partial charge in [-0.3, -0.25) is 0 Å². The zero-order valence-corrected chi connectivity index (χ0v) is 10.0. The molecule has 0 radical (unpaired) electrons. The van der Waals surface area contributed by atoms with Crippen molar-refractivity contribution in [2.75, 3.05) is 0 Å². The van der Waals surface area contributed by atoms with Crippen molar-refractivity contribution in [3.63, 3.8) is 0 Å². The number of para-hydroxylation sites is 1. The average molecular weight is 220 g/mol. The van der Waals surface area contributed by atoms with Gasteiger partial charge in [0.05, 0.1) is 6.10 Å². The van der Waals surface area contributed by atoms with Crippen LogP contribution in [0.1, 0.15) is 32.3 Å². The van der Waals surface area contributed by atoms with Gasteiger partial charge in [0.15, 0.2) is 0 Å². The second-order valence-corrected chi connectivity index (χ2v) is 4.54. The Balaban J connectivity index is 2.05. The first kappa shape index (κ1) is 11.5. The minimum atomic E-state index is -0.345. The third-order valence-electron chi connectivity index (χ3n) is 3.58. The Kier molecular flexibility index (Phi) is 3.49. The van der Waals surface area contributed by atoms with Gasteiger partial charge in [-0.2, -0.15) is 0 Å². The molecule has 0 saturated carbocycles. The SMILES string of the molecule is CCC(CC)C(O)C1Cc2ccccc2O1. The van der Waals surface area contributed by atoms with Crippen molar-refractivity contribution in [1.82, 2.24) is 0 Å². The molecule has 1 aromatic carbocycles. The molecule has 0 bridgehead atoms. The molecule has 2 nitrogen and oxygen atoms in total. The molecule has 1 aliphatic heterocycles. The summed E-state index contributed by atoms with van der Waals surface area (Å²) in [6, 6.07) is 8.06. The molecule has 2 atom stereocenters. The van der Waals surface area contributed by atoms with Gasteiger partial charge < -0.3 is 9.84 Å². The van der Waals surface area contributed by atoms with E-state index < -0.39 is 0 Å². The summed E-state index contributed by atoms with van der Waals surface area (Å²) in [6.45, 7) is 4.25. The van der Waals surface area contributed by atoms with Gasteiger partial charge in [0.1, 0.15) is 11.9 Å². The molecule has 1 aliphatic rings. The zero-order valence-electron chi connectivity index (χ0n) is 10.0. The summed E-state index contributed by atoms with van der Waals surface area (Å²) in [6.07, 6.45) is 2.46. The van der Waals surface area contributed by atoms with E-state index in [-0.39, 0.29) is 12.2 Å². The minimum absolute atomic E-state index is 0.0534. The number of hydrogen-bond donors (Lipinski definition) is 1. The summed E-state index contributed by atoms with van der Waals surface area (Å²) in [4.78, 5) is 0. The lowest BCUT2D eigenvalue weighted by atomic mass is 9.91. The van der Waals surface area contributed by atoms with Crippen molar-refractivity contribution < 1.29 is 9.84 Å². The predicted octanol–water partition coefficient (Wildman–Crippen LogP) is 2.79. The van der Waals surface area contributed by atoms with E-state index in [1.165, 1.54) is 5.56 Å². The second-order valence-electron chi connectivity index (χ2n) is 4.54. The summed E-state index contributed by atoms with van der Waals surface area (Å²) in [7, 11) is 0. The van der Waals surface area contributed by atoms with Gasteiger partial charge in [-0.05, 0) is 17.5 Å². The Morgan fingerprint density at radius 1 is 1.31 bits per heavy atom. The number of hydrogen-bond acceptors (Lipinski definition) is 2. The number of rotatable bonds is 4. The zero-order chi connectivity index (χ0) is 11.5. The third-order valence-corrected chi connectivity index (χ3v) is 3.58. The maximum atomic E-state index is 10.3. The lowest BCUT2D eigenvalue weighted by Crippen LogP contribution is -2.36. The van der Waals surface area contributed by atoms with E-state index >= 15 is 0 Å². The largest absolute Gasteiger partial charge is 0.487 e. The highest BCUT2D eigenvalue weighted by atomic mass is 16.5. The molecule has 0 spiro atoms. The van der Waals surface area contributed by atoms with Gasteiger partial charge in [-0.15, -0.1) is 0 Å². The standard InChI is InChI=1S/C14H20O2/c1-3-10(4-2)14(15)13-9-11-7-5-6-8-12(11)16-13/h5-8,10,13-15H,3-4,9H2,1-2H3. The van der Waals surface area contributed by atoms with E-state index in [1.54, 1.807) is 0 Å². The molecular formula is C14H20O2. The molecule has 2 heteroatoms. The van der Waals surface area contributed by atoms with Crippen molar-refractivity contribution >= 4 is 0 Å². The second kappa shape index (κ2) is 4.88. The molecule has 0 aromatic heterocycles. The molecule has 1 aromatic rings. The summed E-state index contributed by atoms with van der Waals surface area (Å²) >= 11 is 0. The normalized spacial score (nSPS) is 20.6. The quantitative estimate of drug-likeness (QED) is 0.845. The molecule has 0 saturated heterocycles. The molecule has 2 unspecified atom stereocenters. The maximum Gasteiger partial charge on any atom is 0.129 e. The number of aliphatic hydroxyl groups is 1. The van der Waals surface area contributed by atoms with Gasteiger partial charge >= 0.3 is 0 Å². The molecule has 16 heavy (non-hydrogen) atoms. The summed E-state index contributed by atoms with van der Waals surface area (Å²) < 4.78 is 5.80. The van der Waals surface area contributed by atoms with E-state index in [2.05, 4.69) is 19.9 Å². The number of fused-ring (bicyclic) bond motifs is 1. The summed E-state index contributed by atoms with van der Waals surface area (Å²) in [5.74, 6) is 1.29. The van der Waals surface area contributed by atoms with Crippen LogP contribution in [0.5, 0.6) is 5.75 Å². The molecule has 0 amide bonds. The molecule has 0 aliphatic carbocycles. The Labute approximate surface area is 97.3 Å². The maximum absolute atomic E-state index is 10.3. The van der Waals surface area contributed by atoms with Gasteiger partial charge in [-0.25, -0.2) is 0 Å². The average Bonchev–Trinajstić information content (AvgIpc) is 2.74. The lowest BCUT2D eigenvalue weighted by Gasteiger charge is -2.25. The van der Waals surface area contributed by atoms with Crippen molar-refractivity contribution in [1.29, 1.82) is 0 Å². The van der Waals surface area contributed by atoms with Gasteiger partial charge in [0, 0.05) is 6.42 Å². The molecule has 2 rings (SSSR count). The van der Waals surface area contributed by atoms with E-state index in [1.807, 2.05) is 18.2 Å². The van der Waals surface area contributed by atoms with Crippen LogP contribution in [0.4, 0.5) is 0 Å². The Morgan fingerprint density at radius 3 is 2.62 bits per heavy atom. The first-order valence-electron chi connectivity index (χ1n) is 6.18. The monoisotopic (exact) mass is 220 g/mol. The van der Waals surface area contributed by atoms with Crippen LogP contribution >= 0.6 is 0 Å². The first-order valence-corrected chi connectivity index (χ1v) is 6.18. The van der Waals surface area contributed by atoms with Crippen molar-refractivity contribution in [2.24, 2.45) is 5.92 Å². The van der Waals surface area contributed by atoms with E-state index in [0.29, 0.717) is 5.92 Å². The van der Waals surface area contributed by atoms with Crippen LogP contribution in [-0.4, -0.2) is 17.3 Å². The van der Waals surface area contributed by atoms with Crippen LogP contribution < -0.4 is 4.74 Å². The molecular weight excluding hydrogens is 200 g/mol. The van der Waals surface area contributed by atoms with E-state index in [0.717, 1.165) is 25.0 Å². The van der Waals surface area contributed by atoms with Crippen LogP contribution in [0.2, 0.25) is 0 Å². The Bertz CT molecular complexity index is 319. The van der Waals surface area contributed by atoms with Crippen LogP contribution in [0.25, 0.3) is 0 Å². The summed E-state index contributed by atoms with van der Waals surface area (Å²) in [5, 5.41) is 10.3. The fourth-order valence-corrected chi connectivity index (χ4v) is 2.47. The smallest absolute Gasteiger partial charge is 0.129 e. The first-order chi connectivity index (χ1) is 7.76. The highest BCUT2D eigenvalue weighted by Crippen LogP contribution is 2.32. The van der Waals surface area contributed by atoms with Crippen LogP contribution in [0, 0.1) is 5.92 Å². The molecule has 1 heterocycles. The third kappa shape index (κ3) is 2.07. The van der Waals surface area contributed by atoms with Gasteiger partial charge in [0.2, 0.25) is 0 Å². The summed E-state index contributed by atoms with van der Waals surface area (Å²) in [5.41, 5.74) is 1.22. The van der Waals surface area contributed by atoms with Crippen LogP contribution in [0.15, 0.2) is 24.3 Å². The minimum Gasteiger partial charge on any atom is -0.487 e. The van der Waals surface area contributed by atoms with Crippen molar-refractivity contribution in [3.05, 3.63) is 29.8 Å². The lowest BCUT2D eigenvalue weighted by molar-refractivity contribution is 0.00529. The molecule has 0 fully saturated rings. The van der Waals surface area contributed by atoms with Crippen molar-refractivity contribution in [2.45, 2.75) is 45.3 Å². The van der Waals surface area contributed by atoms with Crippen LogP contribution in [-0.2, 0) is 6.42 Å². The van der Waals surface area contributed by atoms with E-state index in [4.69, 9.17) is 4.74 Å². The number of aliphatic hydroxyl groups excluding tert-OH is 1. The van der Waals surface area contributed by atoms with Crippen molar-refractivity contribution in [3.8, 4) is 5.75 Å². The molecule has 88 valence electrons. The van der Waals surface area contributed by atoms with Gasteiger partial charge in [0.25, 0.3) is 0 Å².